The molecule has 1 heterocycles. The zero-order chi connectivity index (χ0) is 19.9. The molecule has 0 unspecified atom stereocenters. The number of aliphatic imine (C=N–C) groups is 1. The van der Waals surface area contributed by atoms with E-state index in [1.54, 1.807) is 12.4 Å². The maximum Gasteiger partial charge on any atom is 0.344 e. The van der Waals surface area contributed by atoms with Gasteiger partial charge in [0.05, 0.1) is 5.75 Å². The predicted octanol–water partition coefficient (Wildman–Crippen LogP) is 0.0831. The summed E-state index contributed by atoms with van der Waals surface area (Å²) < 4.78 is 22.2. The Kier molecular flexibility index (Phi) is 6.66. The van der Waals surface area contributed by atoms with Crippen molar-refractivity contribution in [2.45, 2.75) is 6.54 Å². The third kappa shape index (κ3) is 7.28. The Morgan fingerprint density at radius 1 is 1.19 bits per heavy atom. The van der Waals surface area contributed by atoms with Crippen LogP contribution in [0.2, 0.25) is 0 Å². The quantitative estimate of drug-likeness (QED) is 0.380. The molecule has 10 nitrogen and oxygen atoms in total. The van der Waals surface area contributed by atoms with Crippen molar-refractivity contribution in [2.75, 3.05) is 23.9 Å². The summed E-state index contributed by atoms with van der Waals surface area (Å²) in [6.07, 6.45) is 4.44. The molecule has 2 rings (SSSR count). The highest BCUT2D eigenvalue weighted by molar-refractivity contribution is 7.90. The molecule has 11 heteroatoms. The number of nitrogens with one attached hydrogen (secondary N) is 2. The summed E-state index contributed by atoms with van der Waals surface area (Å²) in [5, 5.41) is 5.43. The minimum absolute atomic E-state index is 0.00568. The molecule has 2 aromatic rings. The summed E-state index contributed by atoms with van der Waals surface area (Å²) in [6.45, 7) is 0.499. The Hall–Kier alpha value is -3.21. The minimum Gasteiger partial charge on any atom is -0.370 e. The van der Waals surface area contributed by atoms with E-state index in [4.69, 9.17) is 11.5 Å². The van der Waals surface area contributed by atoms with Crippen LogP contribution in [0.3, 0.4) is 0 Å². The number of amides is 2. The summed E-state index contributed by atoms with van der Waals surface area (Å²) in [4.78, 5) is 23.2. The third-order valence-corrected chi connectivity index (χ3v) is 4.29. The summed E-state index contributed by atoms with van der Waals surface area (Å²) in [5.41, 5.74) is 12.8. The molecule has 0 bridgehead atoms. The van der Waals surface area contributed by atoms with Crippen LogP contribution in [-0.4, -0.2) is 48.9 Å². The maximum absolute atomic E-state index is 11.4. The Morgan fingerprint density at radius 2 is 1.89 bits per heavy atom. The van der Waals surface area contributed by atoms with Gasteiger partial charge in [-0.2, -0.15) is 4.99 Å². The second kappa shape index (κ2) is 8.94. The molecule has 0 fully saturated rings. The highest BCUT2D eigenvalue weighted by Crippen LogP contribution is 2.19. The smallest absolute Gasteiger partial charge is 0.344 e. The first-order valence-electron chi connectivity index (χ1n) is 7.93. The number of nitrogens with zero attached hydrogens (tertiary/aromatic N) is 3. The molecule has 144 valence electrons. The lowest BCUT2D eigenvalue weighted by Gasteiger charge is -2.07. The lowest BCUT2D eigenvalue weighted by Crippen LogP contribution is -2.28. The van der Waals surface area contributed by atoms with Crippen molar-refractivity contribution < 1.29 is 13.2 Å². The van der Waals surface area contributed by atoms with E-state index in [0.29, 0.717) is 5.95 Å². The van der Waals surface area contributed by atoms with Gasteiger partial charge >= 0.3 is 6.03 Å². The number of nitrogens with two attached hydrogens (primary N) is 2. The average molecular weight is 391 g/mol. The molecule has 27 heavy (non-hydrogen) atoms. The van der Waals surface area contributed by atoms with Gasteiger partial charge in [-0.15, -0.1) is 0 Å². The summed E-state index contributed by atoms with van der Waals surface area (Å²) in [5.74, 6) is 0.0535. The molecule has 0 radical (unpaired) electrons. The second-order valence-corrected chi connectivity index (χ2v) is 8.01. The van der Waals surface area contributed by atoms with Gasteiger partial charge < -0.3 is 22.1 Å². The van der Waals surface area contributed by atoms with Crippen molar-refractivity contribution in [3.63, 3.8) is 0 Å². The Labute approximate surface area is 157 Å². The van der Waals surface area contributed by atoms with Gasteiger partial charge in [0.2, 0.25) is 5.95 Å². The minimum atomic E-state index is -3.04. The number of hydrogen-bond acceptors (Lipinski definition) is 6. The first-order chi connectivity index (χ1) is 12.7. The first-order valence-corrected chi connectivity index (χ1v) is 9.99. The van der Waals surface area contributed by atoms with E-state index in [1.165, 1.54) is 6.26 Å². The van der Waals surface area contributed by atoms with Gasteiger partial charge in [0.25, 0.3) is 0 Å². The van der Waals surface area contributed by atoms with Crippen LogP contribution in [0.15, 0.2) is 41.7 Å². The predicted molar refractivity (Wildman–Crippen MR) is 104 cm³/mol. The molecular weight excluding hydrogens is 370 g/mol. The molecule has 1 aromatic heterocycles. The van der Waals surface area contributed by atoms with Gasteiger partial charge in [-0.05, 0) is 17.2 Å². The van der Waals surface area contributed by atoms with Crippen molar-refractivity contribution in [3.8, 4) is 11.1 Å². The topological polar surface area (TPSA) is 165 Å². The number of anilines is 1. The largest absolute Gasteiger partial charge is 0.370 e. The van der Waals surface area contributed by atoms with Gasteiger partial charge in [-0.1, -0.05) is 18.2 Å². The van der Waals surface area contributed by atoms with Crippen LogP contribution in [0, 0.1) is 0 Å². The van der Waals surface area contributed by atoms with Crippen molar-refractivity contribution in [1.29, 1.82) is 0 Å². The molecule has 6 N–H and O–H groups in total. The van der Waals surface area contributed by atoms with Crippen molar-refractivity contribution >= 4 is 27.8 Å². The van der Waals surface area contributed by atoms with E-state index >= 15 is 0 Å². The van der Waals surface area contributed by atoms with Crippen LogP contribution in [0.4, 0.5) is 10.7 Å². The molecule has 1 aromatic carbocycles. The van der Waals surface area contributed by atoms with Gasteiger partial charge in [-0.25, -0.2) is 23.2 Å². The zero-order valence-electron chi connectivity index (χ0n) is 14.7. The van der Waals surface area contributed by atoms with Crippen LogP contribution < -0.4 is 22.1 Å². The lowest BCUT2D eigenvalue weighted by molar-refractivity contribution is 0.249. The number of carbonyl (C=O) groups is 1. The standard InChI is InChI=1S/C16H21N7O3S/c1-27(25,26)6-5-19-15-20-9-13(10-21-15)12-4-2-3-11(7-12)8-22-16(24)23-14(17)18/h2-4,7,9-10H,5-6,8H2,1H3,(H,19,20,21)(H5,17,18,22,23,24). The normalized spacial score (nSPS) is 10.9. The first kappa shape index (κ1) is 20.1. The van der Waals surface area contributed by atoms with E-state index in [9.17, 15) is 13.2 Å². The maximum atomic E-state index is 11.4. The molecular formula is C16H21N7O3S. The Balaban J connectivity index is 1.99. The van der Waals surface area contributed by atoms with E-state index in [1.807, 2.05) is 24.3 Å². The number of sulfone groups is 1. The molecule has 0 saturated heterocycles. The molecule has 0 atom stereocenters. The van der Waals surface area contributed by atoms with Gasteiger partial charge in [-0.3, -0.25) is 0 Å². The van der Waals surface area contributed by atoms with Gasteiger partial charge in [0.15, 0.2) is 5.96 Å². The van der Waals surface area contributed by atoms with Crippen LogP contribution in [-0.2, 0) is 16.4 Å². The number of carbonyl (C=O) groups excluding carboxylic acids is 1. The van der Waals surface area contributed by atoms with Crippen LogP contribution >= 0.6 is 0 Å². The Bertz CT molecular complexity index is 923. The fourth-order valence-corrected chi connectivity index (χ4v) is 2.58. The van der Waals surface area contributed by atoms with E-state index in [0.717, 1.165) is 16.7 Å². The molecule has 0 aliphatic rings. The third-order valence-electron chi connectivity index (χ3n) is 3.34. The summed E-state index contributed by atoms with van der Waals surface area (Å²) in [7, 11) is -3.04. The SMILES string of the molecule is CS(=O)(=O)CCNc1ncc(-c2cccc(CNC(=O)N=C(N)N)c2)cn1. The van der Waals surface area contributed by atoms with Crippen LogP contribution in [0.5, 0.6) is 0 Å². The van der Waals surface area contributed by atoms with Crippen molar-refractivity contribution in [3.05, 3.63) is 42.2 Å². The summed E-state index contributed by atoms with van der Waals surface area (Å²) in [6, 6.07) is 6.84. The molecule has 0 aliphatic carbocycles. The molecule has 0 aliphatic heterocycles. The number of rotatable bonds is 7. The number of aromatic nitrogens is 2. The number of urea groups is 1. The highest BCUT2D eigenvalue weighted by Gasteiger charge is 2.05. The zero-order valence-corrected chi connectivity index (χ0v) is 15.5. The van der Waals surface area contributed by atoms with Crippen molar-refractivity contribution in [2.24, 2.45) is 16.5 Å². The number of hydrogen-bond donors (Lipinski definition) is 4. The van der Waals surface area contributed by atoms with Gasteiger partial charge in [0, 0.05) is 37.3 Å². The van der Waals surface area contributed by atoms with Crippen LogP contribution in [0.25, 0.3) is 11.1 Å². The molecule has 0 spiro atoms. The van der Waals surface area contributed by atoms with Gasteiger partial charge in [0.1, 0.15) is 9.84 Å². The monoisotopic (exact) mass is 391 g/mol. The number of benzene rings is 1. The van der Waals surface area contributed by atoms with Crippen LogP contribution in [0.1, 0.15) is 5.56 Å². The highest BCUT2D eigenvalue weighted by atomic mass is 32.2. The number of guanidine groups is 1. The Morgan fingerprint density at radius 3 is 2.52 bits per heavy atom. The van der Waals surface area contributed by atoms with E-state index in [-0.39, 0.29) is 24.8 Å². The van der Waals surface area contributed by atoms with E-state index < -0.39 is 15.9 Å². The fourth-order valence-electron chi connectivity index (χ4n) is 2.11. The van der Waals surface area contributed by atoms with Crippen molar-refractivity contribution in [1.82, 2.24) is 15.3 Å². The summed E-state index contributed by atoms with van der Waals surface area (Å²) >= 11 is 0. The fraction of sp³-hybridized carbons (Fsp3) is 0.250. The molecule has 2 amide bonds. The van der Waals surface area contributed by atoms with E-state index in [2.05, 4.69) is 25.6 Å². The second-order valence-electron chi connectivity index (χ2n) is 5.75. The average Bonchev–Trinajstić information content (AvgIpc) is 2.59. The molecule has 0 saturated carbocycles. The lowest BCUT2D eigenvalue weighted by atomic mass is 10.1.